The molecule has 2 rings (SSSR count). The second-order valence-corrected chi connectivity index (χ2v) is 6.02. The van der Waals surface area contributed by atoms with E-state index in [2.05, 4.69) is 22.9 Å². The van der Waals surface area contributed by atoms with E-state index in [4.69, 9.17) is 4.74 Å². The lowest BCUT2D eigenvalue weighted by molar-refractivity contribution is -0.125. The quantitative estimate of drug-likeness (QED) is 0.611. The Kier molecular flexibility index (Phi) is 7.25. The highest BCUT2D eigenvalue weighted by Gasteiger charge is 2.19. The zero-order valence-electron chi connectivity index (χ0n) is 14.5. The molecule has 1 aromatic carbocycles. The minimum atomic E-state index is -0.313. The summed E-state index contributed by atoms with van der Waals surface area (Å²) in [5.74, 6) is 0.143. The van der Waals surface area contributed by atoms with Crippen molar-refractivity contribution in [2.45, 2.75) is 38.6 Å². The van der Waals surface area contributed by atoms with Gasteiger partial charge in [-0.1, -0.05) is 13.3 Å². The molecule has 1 aliphatic rings. The zero-order chi connectivity index (χ0) is 18.1. The molecule has 1 heterocycles. The van der Waals surface area contributed by atoms with E-state index in [-0.39, 0.29) is 30.3 Å². The third-order valence-electron chi connectivity index (χ3n) is 3.92. The van der Waals surface area contributed by atoms with Gasteiger partial charge in [-0.2, -0.15) is 0 Å². The second-order valence-electron chi connectivity index (χ2n) is 6.02. The molecule has 0 unspecified atom stereocenters. The zero-order valence-corrected chi connectivity index (χ0v) is 14.5. The van der Waals surface area contributed by atoms with Crippen molar-refractivity contribution >= 4 is 17.7 Å². The van der Waals surface area contributed by atoms with Crippen LogP contribution in [0.2, 0.25) is 0 Å². The summed E-state index contributed by atoms with van der Waals surface area (Å²) in [5.41, 5.74) is 0.473. The average molecular weight is 347 g/mol. The van der Waals surface area contributed by atoms with Crippen LogP contribution in [-0.4, -0.2) is 43.5 Å². The summed E-state index contributed by atoms with van der Waals surface area (Å²) in [6, 6.07) is 6.75. The average Bonchev–Trinajstić information content (AvgIpc) is 2.62. The number of carbonyl (C=O) groups excluding carboxylic acids is 3. The highest BCUT2D eigenvalue weighted by Crippen LogP contribution is 2.12. The largest absolute Gasteiger partial charge is 0.494 e. The van der Waals surface area contributed by atoms with Gasteiger partial charge in [-0.05, 0) is 37.1 Å². The fourth-order valence-corrected chi connectivity index (χ4v) is 2.43. The Morgan fingerprint density at radius 3 is 2.68 bits per heavy atom. The van der Waals surface area contributed by atoms with Gasteiger partial charge in [0.2, 0.25) is 11.8 Å². The summed E-state index contributed by atoms with van der Waals surface area (Å²) >= 11 is 0. The van der Waals surface area contributed by atoms with E-state index < -0.39 is 0 Å². The summed E-state index contributed by atoms with van der Waals surface area (Å²) < 4.78 is 5.55. The Morgan fingerprint density at radius 1 is 1.28 bits per heavy atom. The number of hydrogen-bond donors (Lipinski definition) is 3. The van der Waals surface area contributed by atoms with E-state index in [9.17, 15) is 14.4 Å². The number of amides is 3. The van der Waals surface area contributed by atoms with E-state index in [1.807, 2.05) is 0 Å². The van der Waals surface area contributed by atoms with Crippen molar-refractivity contribution in [3.05, 3.63) is 29.8 Å². The summed E-state index contributed by atoms with van der Waals surface area (Å²) in [5, 5.41) is 8.08. The maximum Gasteiger partial charge on any atom is 0.251 e. The van der Waals surface area contributed by atoms with Crippen LogP contribution in [0.25, 0.3) is 0 Å². The van der Waals surface area contributed by atoms with Crippen LogP contribution in [0.15, 0.2) is 24.3 Å². The number of rotatable bonds is 8. The van der Waals surface area contributed by atoms with Gasteiger partial charge in [-0.3, -0.25) is 14.4 Å². The molecule has 0 aromatic heterocycles. The van der Waals surface area contributed by atoms with Gasteiger partial charge >= 0.3 is 0 Å². The first kappa shape index (κ1) is 18.8. The molecule has 1 saturated heterocycles. The molecule has 3 N–H and O–H groups in total. The first-order chi connectivity index (χ1) is 12.1. The number of hydrogen-bond acceptors (Lipinski definition) is 4. The topological polar surface area (TPSA) is 96.5 Å². The van der Waals surface area contributed by atoms with Crippen LogP contribution in [-0.2, 0) is 9.59 Å². The number of benzene rings is 1. The van der Waals surface area contributed by atoms with Crippen LogP contribution in [0.1, 0.15) is 43.0 Å². The van der Waals surface area contributed by atoms with E-state index in [1.165, 1.54) is 0 Å². The molecule has 136 valence electrons. The maximum absolute atomic E-state index is 12.1. The number of unbranched alkanes of at least 4 members (excludes halogenated alkanes) is 1. The van der Waals surface area contributed by atoms with E-state index in [0.29, 0.717) is 31.6 Å². The normalized spacial score (nSPS) is 16.7. The van der Waals surface area contributed by atoms with Crippen molar-refractivity contribution < 1.29 is 19.1 Å². The smallest absolute Gasteiger partial charge is 0.251 e. The van der Waals surface area contributed by atoms with E-state index in [1.54, 1.807) is 24.3 Å². The Bertz CT molecular complexity index is 591. The van der Waals surface area contributed by atoms with Crippen LogP contribution in [0, 0.1) is 0 Å². The molecule has 3 amide bonds. The van der Waals surface area contributed by atoms with Gasteiger partial charge in [0.15, 0.2) is 0 Å². The molecule has 25 heavy (non-hydrogen) atoms. The third-order valence-corrected chi connectivity index (χ3v) is 3.92. The minimum Gasteiger partial charge on any atom is -0.494 e. The summed E-state index contributed by atoms with van der Waals surface area (Å²) in [6.07, 6.45) is 3.08. The Hall–Kier alpha value is -2.57. The summed E-state index contributed by atoms with van der Waals surface area (Å²) in [4.78, 5) is 35.0. The lowest BCUT2D eigenvalue weighted by Gasteiger charge is -2.23. The van der Waals surface area contributed by atoms with Crippen molar-refractivity contribution in [1.82, 2.24) is 16.0 Å². The van der Waals surface area contributed by atoms with Crippen molar-refractivity contribution in [2.75, 3.05) is 19.7 Å². The molecule has 0 bridgehead atoms. The molecule has 1 aliphatic heterocycles. The Morgan fingerprint density at radius 2 is 2.04 bits per heavy atom. The van der Waals surface area contributed by atoms with Gasteiger partial charge in [0.25, 0.3) is 5.91 Å². The molecule has 0 spiro atoms. The minimum absolute atomic E-state index is 0.000854. The van der Waals surface area contributed by atoms with Gasteiger partial charge in [-0.15, -0.1) is 0 Å². The molecule has 7 nitrogen and oxygen atoms in total. The highest BCUT2D eigenvalue weighted by molar-refractivity contribution is 5.96. The predicted octanol–water partition coefficient (Wildman–Crippen LogP) is 0.990. The number of carbonyl (C=O) groups is 3. The fraction of sp³-hybridized carbons (Fsp3) is 0.500. The van der Waals surface area contributed by atoms with Crippen molar-refractivity contribution in [3.63, 3.8) is 0 Å². The fourth-order valence-electron chi connectivity index (χ4n) is 2.43. The van der Waals surface area contributed by atoms with Gasteiger partial charge in [0.05, 0.1) is 13.2 Å². The second kappa shape index (κ2) is 9.66. The summed E-state index contributed by atoms with van der Waals surface area (Å²) in [7, 11) is 0. The molecular weight excluding hydrogens is 322 g/mol. The molecule has 1 aromatic rings. The predicted molar refractivity (Wildman–Crippen MR) is 93.4 cm³/mol. The van der Waals surface area contributed by atoms with Crippen LogP contribution >= 0.6 is 0 Å². The maximum atomic E-state index is 12.1. The standard InChI is InChI=1S/C18H25N3O4/c1-2-3-10-25-15-7-4-13(5-8-15)18(24)20-12-17(23)21-14-6-9-16(22)19-11-14/h4-5,7-8,14H,2-3,6,9-12H2,1H3,(H,19,22)(H,20,24)(H,21,23)/t14-/m1/s1. The van der Waals surface area contributed by atoms with Crippen molar-refractivity contribution in [1.29, 1.82) is 0 Å². The first-order valence-electron chi connectivity index (χ1n) is 8.65. The van der Waals surface area contributed by atoms with Gasteiger partial charge in [-0.25, -0.2) is 0 Å². The monoisotopic (exact) mass is 347 g/mol. The van der Waals surface area contributed by atoms with Gasteiger partial charge in [0.1, 0.15) is 5.75 Å². The number of nitrogens with one attached hydrogen (secondary N) is 3. The van der Waals surface area contributed by atoms with Crippen LogP contribution in [0.4, 0.5) is 0 Å². The molecule has 0 radical (unpaired) electrons. The van der Waals surface area contributed by atoms with E-state index >= 15 is 0 Å². The molecule has 0 saturated carbocycles. The number of ether oxygens (including phenoxy) is 1. The molecular formula is C18H25N3O4. The lowest BCUT2D eigenvalue weighted by Crippen LogP contribution is -2.50. The number of piperidine rings is 1. The van der Waals surface area contributed by atoms with Crippen LogP contribution in [0.3, 0.4) is 0 Å². The highest BCUT2D eigenvalue weighted by atomic mass is 16.5. The Balaban J connectivity index is 1.72. The molecule has 7 heteroatoms. The van der Waals surface area contributed by atoms with Crippen LogP contribution in [0.5, 0.6) is 5.75 Å². The van der Waals surface area contributed by atoms with Gasteiger partial charge in [0, 0.05) is 24.6 Å². The molecule has 1 atom stereocenters. The van der Waals surface area contributed by atoms with Crippen molar-refractivity contribution in [2.24, 2.45) is 0 Å². The van der Waals surface area contributed by atoms with Crippen molar-refractivity contribution in [3.8, 4) is 5.75 Å². The molecule has 0 aliphatic carbocycles. The Labute approximate surface area is 147 Å². The van der Waals surface area contributed by atoms with Gasteiger partial charge < -0.3 is 20.7 Å². The third kappa shape index (κ3) is 6.45. The first-order valence-corrected chi connectivity index (χ1v) is 8.65. The van der Waals surface area contributed by atoms with Crippen LogP contribution < -0.4 is 20.7 Å². The van der Waals surface area contributed by atoms with E-state index in [0.717, 1.165) is 18.6 Å². The summed E-state index contributed by atoms with van der Waals surface area (Å²) in [6.45, 7) is 3.08. The lowest BCUT2D eigenvalue weighted by atomic mass is 10.1. The SMILES string of the molecule is CCCCOc1ccc(C(=O)NCC(=O)N[C@@H]2CCC(=O)NC2)cc1. The molecule has 1 fully saturated rings.